The van der Waals surface area contributed by atoms with Crippen molar-refractivity contribution in [1.29, 1.82) is 5.26 Å². The molecule has 0 aliphatic heterocycles. The van der Waals surface area contributed by atoms with Gasteiger partial charge in [-0.2, -0.15) is 10.2 Å². The summed E-state index contributed by atoms with van der Waals surface area (Å²) < 4.78 is 10.6. The fourth-order valence-electron chi connectivity index (χ4n) is 1.34. The van der Waals surface area contributed by atoms with Gasteiger partial charge in [-0.15, -0.1) is 0 Å². The fourth-order valence-corrected chi connectivity index (χ4v) is 1.34. The van der Waals surface area contributed by atoms with Crippen LogP contribution in [0.15, 0.2) is 22.9 Å². The predicted molar refractivity (Wildman–Crippen MR) is 66.8 cm³/mol. The second-order valence-electron chi connectivity index (χ2n) is 4.09. The first-order valence-corrected chi connectivity index (χ1v) is 6.03. The Hall–Kier alpha value is -2.26. The summed E-state index contributed by atoms with van der Waals surface area (Å²) in [5.41, 5.74) is 1.06. The van der Waals surface area contributed by atoms with Crippen molar-refractivity contribution < 1.29 is 9.26 Å². The van der Waals surface area contributed by atoms with Crippen molar-refractivity contribution in [3.05, 3.63) is 29.8 Å². The molecule has 0 saturated carbocycles. The number of ether oxygens (including phenoxy) is 1. The van der Waals surface area contributed by atoms with Gasteiger partial charge < -0.3 is 9.26 Å². The van der Waals surface area contributed by atoms with Crippen molar-refractivity contribution in [2.24, 2.45) is 0 Å². The Morgan fingerprint density at radius 1 is 1.47 bits per heavy atom. The average Bonchev–Trinajstić information content (AvgIpc) is 2.93. The molecular formula is C13H14N4O2. The maximum Gasteiger partial charge on any atom is 0.253 e. The van der Waals surface area contributed by atoms with Crippen molar-refractivity contribution in [3.8, 4) is 17.6 Å². The molecular weight excluding hydrogens is 244 g/mol. The van der Waals surface area contributed by atoms with Crippen molar-refractivity contribution in [2.45, 2.75) is 33.0 Å². The van der Waals surface area contributed by atoms with Crippen LogP contribution in [-0.4, -0.2) is 21.2 Å². The van der Waals surface area contributed by atoms with Crippen LogP contribution in [0.5, 0.6) is 0 Å². The van der Waals surface area contributed by atoms with E-state index in [0.29, 0.717) is 23.0 Å². The van der Waals surface area contributed by atoms with Crippen LogP contribution in [0, 0.1) is 11.3 Å². The maximum absolute atomic E-state index is 8.69. The van der Waals surface area contributed by atoms with Gasteiger partial charge in [0.1, 0.15) is 18.4 Å². The lowest BCUT2D eigenvalue weighted by molar-refractivity contribution is 0.0352. The first-order chi connectivity index (χ1) is 9.22. The molecule has 2 aromatic rings. The van der Waals surface area contributed by atoms with E-state index in [1.165, 1.54) is 6.20 Å². The molecule has 0 fully saturated rings. The topological polar surface area (TPSA) is 84.8 Å². The van der Waals surface area contributed by atoms with E-state index in [2.05, 4.69) is 15.1 Å². The highest BCUT2D eigenvalue weighted by molar-refractivity contribution is 5.49. The van der Waals surface area contributed by atoms with E-state index in [0.717, 1.165) is 6.42 Å². The van der Waals surface area contributed by atoms with Crippen molar-refractivity contribution in [2.75, 3.05) is 0 Å². The highest BCUT2D eigenvalue weighted by atomic mass is 16.5. The van der Waals surface area contributed by atoms with E-state index in [1.54, 1.807) is 12.1 Å². The summed E-state index contributed by atoms with van der Waals surface area (Å²) in [4.78, 5) is 8.29. The number of nitriles is 1. The van der Waals surface area contributed by atoms with Crippen LogP contribution in [0.25, 0.3) is 11.5 Å². The second-order valence-corrected chi connectivity index (χ2v) is 4.09. The molecule has 0 amide bonds. The SMILES string of the molecule is CCC(C)OCc1nc(-c2ccc(C#N)cn2)no1. The zero-order chi connectivity index (χ0) is 13.7. The Bertz CT molecular complexity index is 571. The molecule has 0 aliphatic carbocycles. The predicted octanol–water partition coefficient (Wildman–Crippen LogP) is 2.32. The molecule has 0 bridgehead atoms. The summed E-state index contributed by atoms with van der Waals surface area (Å²) in [6.07, 6.45) is 2.56. The van der Waals surface area contributed by atoms with Gasteiger partial charge in [-0.3, -0.25) is 4.98 Å². The molecule has 2 heterocycles. The Labute approximate surface area is 111 Å². The van der Waals surface area contributed by atoms with E-state index in [-0.39, 0.29) is 12.7 Å². The maximum atomic E-state index is 8.69. The quantitative estimate of drug-likeness (QED) is 0.818. The van der Waals surface area contributed by atoms with Gasteiger partial charge in [0.2, 0.25) is 5.82 Å². The lowest BCUT2D eigenvalue weighted by Crippen LogP contribution is -2.06. The zero-order valence-corrected chi connectivity index (χ0v) is 10.8. The first kappa shape index (κ1) is 13.2. The van der Waals surface area contributed by atoms with Crippen LogP contribution in [0.4, 0.5) is 0 Å². The minimum absolute atomic E-state index is 0.156. The molecule has 0 N–H and O–H groups in total. The molecule has 0 saturated heterocycles. The van der Waals surface area contributed by atoms with Gasteiger partial charge >= 0.3 is 0 Å². The molecule has 2 rings (SSSR count). The van der Waals surface area contributed by atoms with Crippen LogP contribution in [0.2, 0.25) is 0 Å². The van der Waals surface area contributed by atoms with Gasteiger partial charge in [-0.05, 0) is 25.5 Å². The molecule has 98 valence electrons. The second kappa shape index (κ2) is 6.07. The van der Waals surface area contributed by atoms with Gasteiger partial charge in [-0.1, -0.05) is 12.1 Å². The van der Waals surface area contributed by atoms with Gasteiger partial charge in [0.15, 0.2) is 0 Å². The van der Waals surface area contributed by atoms with E-state index in [9.17, 15) is 0 Å². The Kier molecular flexibility index (Phi) is 4.21. The molecule has 2 aromatic heterocycles. The van der Waals surface area contributed by atoms with Crippen LogP contribution in [0.1, 0.15) is 31.7 Å². The summed E-state index contributed by atoms with van der Waals surface area (Å²) in [5.74, 6) is 0.814. The number of hydrogen-bond donors (Lipinski definition) is 0. The third kappa shape index (κ3) is 3.36. The number of pyridine rings is 1. The molecule has 1 atom stereocenters. The van der Waals surface area contributed by atoms with Gasteiger partial charge in [0, 0.05) is 6.20 Å². The highest BCUT2D eigenvalue weighted by Crippen LogP contribution is 2.14. The van der Waals surface area contributed by atoms with Crippen LogP contribution in [0.3, 0.4) is 0 Å². The monoisotopic (exact) mass is 258 g/mol. The third-order valence-corrected chi connectivity index (χ3v) is 2.66. The van der Waals surface area contributed by atoms with Crippen LogP contribution in [-0.2, 0) is 11.3 Å². The summed E-state index contributed by atoms with van der Waals surface area (Å²) in [6.45, 7) is 4.32. The lowest BCUT2D eigenvalue weighted by Gasteiger charge is -2.06. The largest absolute Gasteiger partial charge is 0.369 e. The molecule has 6 nitrogen and oxygen atoms in total. The van der Waals surface area contributed by atoms with E-state index in [4.69, 9.17) is 14.5 Å². The van der Waals surface area contributed by atoms with Crippen molar-refractivity contribution in [1.82, 2.24) is 15.1 Å². The van der Waals surface area contributed by atoms with Crippen molar-refractivity contribution in [3.63, 3.8) is 0 Å². The Morgan fingerprint density at radius 3 is 2.95 bits per heavy atom. The smallest absolute Gasteiger partial charge is 0.253 e. The molecule has 1 unspecified atom stereocenters. The standard InChI is InChI=1S/C13H14N4O2/c1-3-9(2)18-8-12-16-13(17-19-12)11-5-4-10(6-14)7-15-11/h4-5,7,9H,3,8H2,1-2H3. The minimum Gasteiger partial charge on any atom is -0.369 e. The normalized spacial score (nSPS) is 12.1. The lowest BCUT2D eigenvalue weighted by atomic mass is 10.2. The Morgan fingerprint density at radius 2 is 2.32 bits per heavy atom. The molecule has 0 spiro atoms. The van der Waals surface area contributed by atoms with Gasteiger partial charge in [0.05, 0.1) is 11.7 Å². The van der Waals surface area contributed by atoms with E-state index >= 15 is 0 Å². The van der Waals surface area contributed by atoms with Gasteiger partial charge in [0.25, 0.3) is 5.89 Å². The molecule has 0 aromatic carbocycles. The number of aromatic nitrogens is 3. The third-order valence-electron chi connectivity index (χ3n) is 2.66. The molecule has 19 heavy (non-hydrogen) atoms. The van der Waals surface area contributed by atoms with Crippen molar-refractivity contribution >= 4 is 0 Å². The zero-order valence-electron chi connectivity index (χ0n) is 10.8. The number of nitrogens with zero attached hydrogens (tertiary/aromatic N) is 4. The molecule has 6 heteroatoms. The number of hydrogen-bond acceptors (Lipinski definition) is 6. The first-order valence-electron chi connectivity index (χ1n) is 6.03. The van der Waals surface area contributed by atoms with Crippen LogP contribution >= 0.6 is 0 Å². The highest BCUT2D eigenvalue weighted by Gasteiger charge is 2.10. The minimum atomic E-state index is 0.156. The number of rotatable bonds is 5. The van der Waals surface area contributed by atoms with Gasteiger partial charge in [-0.25, -0.2) is 0 Å². The summed E-state index contributed by atoms with van der Waals surface area (Å²) >= 11 is 0. The van der Waals surface area contributed by atoms with E-state index < -0.39 is 0 Å². The summed E-state index contributed by atoms with van der Waals surface area (Å²) in [5, 5.41) is 12.5. The summed E-state index contributed by atoms with van der Waals surface area (Å²) in [6, 6.07) is 5.35. The Balaban J connectivity index is 2.05. The fraction of sp³-hybridized carbons (Fsp3) is 0.385. The molecule has 0 aliphatic rings. The van der Waals surface area contributed by atoms with Crippen LogP contribution < -0.4 is 0 Å². The summed E-state index contributed by atoms with van der Waals surface area (Å²) in [7, 11) is 0. The molecule has 0 radical (unpaired) electrons. The average molecular weight is 258 g/mol. The van der Waals surface area contributed by atoms with E-state index in [1.807, 2.05) is 19.9 Å².